The van der Waals surface area contributed by atoms with E-state index in [0.717, 1.165) is 13.8 Å². The van der Waals surface area contributed by atoms with E-state index < -0.39 is 24.1 Å². The summed E-state index contributed by atoms with van der Waals surface area (Å²) in [5.41, 5.74) is 0. The Morgan fingerprint density at radius 1 is 1.00 bits per heavy atom. The normalized spacial score (nSPS) is 11.7. The molecule has 0 saturated carbocycles. The number of hydrogen-bond acceptors (Lipinski definition) is 6. The maximum Gasteiger partial charge on any atom is 2.00 e. The van der Waals surface area contributed by atoms with Crippen molar-refractivity contribution in [1.82, 2.24) is 0 Å². The van der Waals surface area contributed by atoms with E-state index in [1.807, 2.05) is 0 Å². The Labute approximate surface area is 134 Å². The van der Waals surface area contributed by atoms with Gasteiger partial charge in [0.1, 0.15) is 0 Å². The molecular weight excluding hydrogens is 231 g/mol. The van der Waals surface area contributed by atoms with Gasteiger partial charge >= 0.3 is 67.3 Å². The predicted octanol–water partition coefficient (Wildman–Crippen LogP) is -7.14. The van der Waals surface area contributed by atoms with Crippen LogP contribution in [-0.4, -0.2) is 72.1 Å². The van der Waals surface area contributed by atoms with E-state index >= 15 is 0 Å². The van der Waals surface area contributed by atoms with E-state index in [1.54, 1.807) is 0 Å². The van der Waals surface area contributed by atoms with Crippen LogP contribution in [0.25, 0.3) is 0 Å². The van der Waals surface area contributed by atoms with Gasteiger partial charge in [0.2, 0.25) is 0 Å². The molecule has 72 valence electrons. The molecule has 0 aliphatic heterocycles. The van der Waals surface area contributed by atoms with Gasteiger partial charge in [0.15, 0.2) is 0 Å². The Morgan fingerprint density at radius 3 is 1.07 bits per heavy atom. The first-order valence-electron chi connectivity index (χ1n) is 3.06. The maximum atomic E-state index is 9.34. The number of aliphatic carboxylic acids is 2. The van der Waals surface area contributed by atoms with E-state index in [0.29, 0.717) is 0 Å². The maximum absolute atomic E-state index is 9.34. The molecule has 0 aliphatic carbocycles. The summed E-state index contributed by atoms with van der Waals surface area (Å²) < 4.78 is 0. The summed E-state index contributed by atoms with van der Waals surface area (Å²) in [6, 6.07) is 0. The Kier molecular flexibility index (Phi) is 24.6. The van der Waals surface area contributed by atoms with Gasteiger partial charge in [-0.1, -0.05) is 0 Å². The fourth-order valence-electron chi connectivity index (χ4n) is 0. The zero-order chi connectivity index (χ0) is 10.3. The third-order valence-electron chi connectivity index (χ3n) is 0.682. The molecule has 0 radical (unpaired) electrons. The van der Waals surface area contributed by atoms with Crippen molar-refractivity contribution in [3.63, 3.8) is 0 Å². The molecule has 2 atom stereocenters. The molecule has 0 aromatic rings. The molecule has 0 rings (SSSR count). The summed E-state index contributed by atoms with van der Waals surface area (Å²) in [5, 5.41) is 34.6. The fraction of sp³-hybridized carbons (Fsp3) is 0.667. The van der Waals surface area contributed by atoms with Crippen LogP contribution in [0.5, 0.6) is 0 Å². The van der Waals surface area contributed by atoms with Crippen molar-refractivity contribution >= 4 is 49.7 Å². The van der Waals surface area contributed by atoms with Crippen LogP contribution in [0.15, 0.2) is 0 Å². The molecule has 0 amide bonds. The molecule has 2 N–H and O–H groups in total. The molecule has 0 aromatic heterocycles. The van der Waals surface area contributed by atoms with Gasteiger partial charge in [-0.3, -0.25) is 0 Å². The van der Waals surface area contributed by atoms with Crippen molar-refractivity contribution in [2.75, 3.05) is 0 Å². The summed E-state index contributed by atoms with van der Waals surface area (Å²) in [7, 11) is 0. The molecule has 0 spiro atoms. The average molecular weight is 241 g/mol. The molecule has 6 nitrogen and oxygen atoms in total. The van der Waals surface area contributed by atoms with E-state index in [1.165, 1.54) is 0 Å². The van der Waals surface area contributed by atoms with E-state index in [2.05, 4.69) is 0 Å². The van der Waals surface area contributed by atoms with Gasteiger partial charge < -0.3 is 30.0 Å². The minimum Gasteiger partial charge on any atom is -0.547 e. The molecule has 0 saturated heterocycles. The van der Waals surface area contributed by atoms with Crippen molar-refractivity contribution < 1.29 is 59.6 Å². The summed E-state index contributed by atoms with van der Waals surface area (Å²) >= 11 is 0. The number of hydrogen-bond donors (Lipinski definition) is 2. The second-order valence-electron chi connectivity index (χ2n) is 1.99. The molecule has 14 heavy (non-hydrogen) atoms. The molecular formula is C6H10CaNaO6+. The smallest absolute Gasteiger partial charge is 0.547 e. The van der Waals surface area contributed by atoms with Crippen LogP contribution >= 0.6 is 0 Å². The van der Waals surface area contributed by atoms with E-state index in [-0.39, 0.29) is 67.3 Å². The number of rotatable bonds is 2. The minimum absolute atomic E-state index is 0. The van der Waals surface area contributed by atoms with Crippen LogP contribution in [0.1, 0.15) is 13.8 Å². The molecule has 0 aliphatic rings. The number of carboxylic acid groups (broad SMARTS) is 2. The van der Waals surface area contributed by atoms with Crippen LogP contribution in [0.3, 0.4) is 0 Å². The first-order valence-corrected chi connectivity index (χ1v) is 3.06. The van der Waals surface area contributed by atoms with Crippen molar-refractivity contribution in [3.05, 3.63) is 0 Å². The van der Waals surface area contributed by atoms with Gasteiger partial charge in [-0.15, -0.1) is 0 Å². The Balaban J connectivity index is -0.0000000625. The predicted molar refractivity (Wildman–Crippen MR) is 39.1 cm³/mol. The van der Waals surface area contributed by atoms with Gasteiger partial charge in [-0.25, -0.2) is 0 Å². The van der Waals surface area contributed by atoms with Gasteiger partial charge in [0.05, 0.1) is 24.1 Å². The number of carbonyl (C=O) groups is 2. The van der Waals surface area contributed by atoms with Gasteiger partial charge in [0, 0.05) is 0 Å². The van der Waals surface area contributed by atoms with Crippen LogP contribution in [-0.2, 0) is 9.59 Å². The summed E-state index contributed by atoms with van der Waals surface area (Å²) in [5.74, 6) is -2.87. The summed E-state index contributed by atoms with van der Waals surface area (Å²) in [4.78, 5) is 18.7. The summed E-state index contributed by atoms with van der Waals surface area (Å²) in [6.45, 7) is 2.27. The molecule has 0 fully saturated rings. The molecule has 2 unspecified atom stereocenters. The van der Waals surface area contributed by atoms with E-state index in [4.69, 9.17) is 10.2 Å². The molecule has 0 bridgehead atoms. The van der Waals surface area contributed by atoms with E-state index in [9.17, 15) is 19.8 Å². The number of aliphatic hydroxyl groups is 2. The average Bonchev–Trinajstić information content (AvgIpc) is 1.88. The molecule has 8 heteroatoms. The molecule has 0 heterocycles. The standard InChI is InChI=1S/2C3H6O3.Ca.Na/c2*1-2(4)3(5)6;;/h2*2,4H,1H3,(H,5,6);;/q;;+2;+1/p-2. The van der Waals surface area contributed by atoms with Crippen molar-refractivity contribution in [2.24, 2.45) is 0 Å². The summed E-state index contributed by atoms with van der Waals surface area (Å²) in [6.07, 6.45) is -2.69. The van der Waals surface area contributed by atoms with Crippen LogP contribution in [0, 0.1) is 0 Å². The van der Waals surface area contributed by atoms with Gasteiger partial charge in [-0.05, 0) is 13.8 Å². The quantitative estimate of drug-likeness (QED) is 0.463. The molecule has 0 aromatic carbocycles. The topological polar surface area (TPSA) is 121 Å². The Hall–Kier alpha value is 1.12. The van der Waals surface area contributed by atoms with Crippen LogP contribution in [0.2, 0.25) is 0 Å². The van der Waals surface area contributed by atoms with Crippen LogP contribution < -0.4 is 39.8 Å². The SMILES string of the molecule is CC(O)C(=O)[O-].CC(O)C(=O)[O-].[Ca+2].[Na+]. The Morgan fingerprint density at radius 2 is 1.07 bits per heavy atom. The van der Waals surface area contributed by atoms with Crippen LogP contribution in [0.4, 0.5) is 0 Å². The van der Waals surface area contributed by atoms with Crippen molar-refractivity contribution in [1.29, 1.82) is 0 Å². The first kappa shape index (κ1) is 24.4. The zero-order valence-electron chi connectivity index (χ0n) is 8.39. The first-order chi connectivity index (χ1) is 5.29. The van der Waals surface area contributed by atoms with Gasteiger partial charge in [-0.2, -0.15) is 0 Å². The van der Waals surface area contributed by atoms with Gasteiger partial charge in [0.25, 0.3) is 0 Å². The third-order valence-corrected chi connectivity index (χ3v) is 0.682. The Bertz CT molecular complexity index is 142. The van der Waals surface area contributed by atoms with Crippen molar-refractivity contribution in [3.8, 4) is 0 Å². The zero-order valence-corrected chi connectivity index (χ0v) is 12.6. The fourth-order valence-corrected chi connectivity index (χ4v) is 0. The number of carbonyl (C=O) groups excluding carboxylic acids is 2. The number of carboxylic acids is 2. The monoisotopic (exact) mass is 241 g/mol. The third kappa shape index (κ3) is 23.2. The number of aliphatic hydroxyl groups excluding tert-OH is 2. The van der Waals surface area contributed by atoms with Crippen molar-refractivity contribution in [2.45, 2.75) is 26.1 Å². The largest absolute Gasteiger partial charge is 2.00 e. The minimum atomic E-state index is -1.44. The second kappa shape index (κ2) is 14.1. The second-order valence-corrected chi connectivity index (χ2v) is 1.99.